The lowest BCUT2D eigenvalue weighted by atomic mass is 10.2. The molecule has 0 aromatic carbocycles. The highest BCUT2D eigenvalue weighted by Gasteiger charge is 2.12. The third-order valence-corrected chi connectivity index (χ3v) is 3.05. The highest BCUT2D eigenvalue weighted by Crippen LogP contribution is 2.13. The molecule has 0 spiro atoms. The lowest BCUT2D eigenvalue weighted by Crippen LogP contribution is -2.03. The van der Waals surface area contributed by atoms with E-state index in [1.165, 1.54) is 11.3 Å². The molecule has 5 heteroatoms. The molecule has 76 valence electrons. The minimum Gasteiger partial charge on any atom is -0.285 e. The fraction of sp³-hybridized carbons (Fsp3) is 0.100. The van der Waals surface area contributed by atoms with Crippen LogP contribution in [0.2, 0.25) is 0 Å². The van der Waals surface area contributed by atoms with Crippen LogP contribution in [0.5, 0.6) is 0 Å². The molecule has 0 fully saturated rings. The number of nitrogens with zero attached hydrogens (tertiary/aromatic N) is 2. The van der Waals surface area contributed by atoms with Gasteiger partial charge in [0, 0.05) is 16.0 Å². The van der Waals surface area contributed by atoms with Gasteiger partial charge in [-0.05, 0) is 35.0 Å². The number of rotatable bonds is 2. The van der Waals surface area contributed by atoms with E-state index in [2.05, 4.69) is 25.9 Å². The maximum absolute atomic E-state index is 11.8. The first-order chi connectivity index (χ1) is 7.16. The van der Waals surface area contributed by atoms with E-state index in [0.717, 1.165) is 9.48 Å². The molecule has 3 nitrogen and oxygen atoms in total. The zero-order valence-corrected chi connectivity index (χ0v) is 10.3. The molecule has 0 atom stereocenters. The van der Waals surface area contributed by atoms with E-state index in [4.69, 9.17) is 0 Å². The van der Waals surface area contributed by atoms with Crippen molar-refractivity contribution in [2.24, 2.45) is 0 Å². The zero-order valence-electron chi connectivity index (χ0n) is 7.90. The van der Waals surface area contributed by atoms with Crippen LogP contribution >= 0.6 is 27.3 Å². The summed E-state index contributed by atoms with van der Waals surface area (Å²) in [7, 11) is 0. The summed E-state index contributed by atoms with van der Waals surface area (Å²) in [5.74, 6) is -0.133. The van der Waals surface area contributed by atoms with Gasteiger partial charge in [-0.3, -0.25) is 9.78 Å². The summed E-state index contributed by atoms with van der Waals surface area (Å²) in [4.78, 5) is 20.0. The van der Waals surface area contributed by atoms with E-state index < -0.39 is 0 Å². The van der Waals surface area contributed by atoms with E-state index in [1.807, 2.05) is 6.92 Å². The highest BCUT2D eigenvalue weighted by molar-refractivity contribution is 9.10. The zero-order chi connectivity index (χ0) is 10.8. The number of thiazole rings is 1. The molecule has 0 saturated heterocycles. The van der Waals surface area contributed by atoms with Gasteiger partial charge in [0.15, 0.2) is 0 Å². The smallest absolute Gasteiger partial charge is 0.230 e. The Morgan fingerprint density at radius 2 is 2.20 bits per heavy atom. The molecule has 0 aliphatic heterocycles. The lowest BCUT2D eigenvalue weighted by molar-refractivity contribution is 0.103. The number of aromatic nitrogens is 2. The molecule has 2 aromatic heterocycles. The second-order valence-electron chi connectivity index (χ2n) is 2.94. The maximum atomic E-state index is 11.8. The van der Waals surface area contributed by atoms with Gasteiger partial charge < -0.3 is 0 Å². The van der Waals surface area contributed by atoms with Crippen LogP contribution in [0.4, 0.5) is 0 Å². The van der Waals surface area contributed by atoms with Crippen LogP contribution in [0.3, 0.4) is 0 Å². The summed E-state index contributed by atoms with van der Waals surface area (Å²) >= 11 is 4.73. The van der Waals surface area contributed by atoms with E-state index in [9.17, 15) is 4.79 Å². The lowest BCUT2D eigenvalue weighted by Gasteiger charge is -1.96. The normalized spacial score (nSPS) is 10.3. The Morgan fingerprint density at radius 3 is 2.73 bits per heavy atom. The van der Waals surface area contributed by atoms with Crippen molar-refractivity contribution in [1.82, 2.24) is 9.97 Å². The van der Waals surface area contributed by atoms with Crippen LogP contribution in [0.1, 0.15) is 21.2 Å². The first-order valence-electron chi connectivity index (χ1n) is 4.25. The molecule has 0 N–H and O–H groups in total. The van der Waals surface area contributed by atoms with Crippen LogP contribution in [-0.4, -0.2) is 15.8 Å². The van der Waals surface area contributed by atoms with E-state index in [1.54, 1.807) is 23.7 Å². The van der Waals surface area contributed by atoms with Gasteiger partial charge in [0.2, 0.25) is 5.78 Å². The number of ketones is 1. The third kappa shape index (κ3) is 2.30. The molecule has 15 heavy (non-hydrogen) atoms. The van der Waals surface area contributed by atoms with Crippen molar-refractivity contribution in [2.45, 2.75) is 6.92 Å². The molecular formula is C10H7BrN2OS. The van der Waals surface area contributed by atoms with E-state index >= 15 is 0 Å². The number of hydrogen-bond donors (Lipinski definition) is 0. The Hall–Kier alpha value is -1.07. The maximum Gasteiger partial charge on any atom is 0.230 e. The Morgan fingerprint density at radius 1 is 1.40 bits per heavy atom. The summed E-state index contributed by atoms with van der Waals surface area (Å²) in [5.41, 5.74) is 0.885. The SMILES string of the molecule is Cc1nc(C(=O)c2ccc(Br)cn2)cs1. The molecule has 2 heterocycles. The molecular weight excluding hydrogens is 276 g/mol. The molecule has 0 radical (unpaired) electrons. The van der Waals surface area contributed by atoms with E-state index in [-0.39, 0.29) is 5.78 Å². The highest BCUT2D eigenvalue weighted by atomic mass is 79.9. The largest absolute Gasteiger partial charge is 0.285 e. The number of hydrogen-bond acceptors (Lipinski definition) is 4. The molecule has 0 saturated carbocycles. The van der Waals surface area contributed by atoms with Crippen molar-refractivity contribution in [1.29, 1.82) is 0 Å². The Labute approximate surface area is 99.3 Å². The third-order valence-electron chi connectivity index (χ3n) is 1.81. The average molecular weight is 283 g/mol. The fourth-order valence-electron chi connectivity index (χ4n) is 1.11. The number of aryl methyl sites for hydroxylation is 1. The Kier molecular flexibility index (Phi) is 2.93. The quantitative estimate of drug-likeness (QED) is 0.796. The summed E-state index contributed by atoms with van der Waals surface area (Å²) in [6, 6.07) is 3.47. The number of carbonyl (C=O) groups excluding carboxylic acids is 1. The molecule has 0 bridgehead atoms. The molecule has 0 aliphatic rings. The minimum atomic E-state index is -0.133. The van der Waals surface area contributed by atoms with Gasteiger partial charge in [-0.1, -0.05) is 0 Å². The van der Waals surface area contributed by atoms with Crippen molar-refractivity contribution >= 4 is 33.0 Å². The van der Waals surface area contributed by atoms with E-state index in [0.29, 0.717) is 11.4 Å². The van der Waals surface area contributed by atoms with Crippen LogP contribution in [0, 0.1) is 6.92 Å². The summed E-state index contributed by atoms with van der Waals surface area (Å²) in [6.07, 6.45) is 1.60. The van der Waals surface area contributed by atoms with Crippen molar-refractivity contribution in [3.8, 4) is 0 Å². The Balaban J connectivity index is 2.32. The van der Waals surface area contributed by atoms with Crippen LogP contribution in [0.25, 0.3) is 0 Å². The molecule has 2 rings (SSSR count). The Bertz CT molecular complexity index is 492. The molecule has 0 amide bonds. The number of carbonyl (C=O) groups is 1. The van der Waals surface area contributed by atoms with Gasteiger partial charge in [-0.25, -0.2) is 4.98 Å². The summed E-state index contributed by atoms with van der Waals surface area (Å²) in [6.45, 7) is 1.87. The first kappa shape index (κ1) is 10.4. The van der Waals surface area contributed by atoms with Gasteiger partial charge in [0.1, 0.15) is 11.4 Å². The van der Waals surface area contributed by atoms with Crippen LogP contribution < -0.4 is 0 Å². The van der Waals surface area contributed by atoms with Gasteiger partial charge >= 0.3 is 0 Å². The second-order valence-corrected chi connectivity index (χ2v) is 4.92. The van der Waals surface area contributed by atoms with Crippen molar-refractivity contribution < 1.29 is 4.79 Å². The van der Waals surface area contributed by atoms with Crippen LogP contribution in [-0.2, 0) is 0 Å². The predicted octanol–water partition coefficient (Wildman–Crippen LogP) is 2.84. The number of halogens is 1. The predicted molar refractivity (Wildman–Crippen MR) is 62.2 cm³/mol. The van der Waals surface area contributed by atoms with Crippen molar-refractivity contribution in [3.63, 3.8) is 0 Å². The van der Waals surface area contributed by atoms with Crippen molar-refractivity contribution in [2.75, 3.05) is 0 Å². The minimum absolute atomic E-state index is 0.133. The van der Waals surface area contributed by atoms with Crippen LogP contribution in [0.15, 0.2) is 28.2 Å². The molecule has 0 unspecified atom stereocenters. The standard InChI is InChI=1S/C10H7BrN2OS/c1-6-13-9(5-15-6)10(14)8-3-2-7(11)4-12-8/h2-5H,1H3. The topological polar surface area (TPSA) is 42.9 Å². The van der Waals surface area contributed by atoms with Gasteiger partial charge in [-0.15, -0.1) is 11.3 Å². The molecule has 2 aromatic rings. The number of pyridine rings is 1. The first-order valence-corrected chi connectivity index (χ1v) is 5.92. The van der Waals surface area contributed by atoms with Crippen molar-refractivity contribution in [3.05, 3.63) is 44.6 Å². The fourth-order valence-corrected chi connectivity index (χ4v) is 1.94. The van der Waals surface area contributed by atoms with Gasteiger partial charge in [0.05, 0.1) is 5.01 Å². The summed E-state index contributed by atoms with van der Waals surface area (Å²) < 4.78 is 0.855. The average Bonchev–Trinajstić information content (AvgIpc) is 2.65. The monoisotopic (exact) mass is 282 g/mol. The summed E-state index contributed by atoms with van der Waals surface area (Å²) in [5, 5.41) is 2.64. The second kappa shape index (κ2) is 4.20. The van der Waals surface area contributed by atoms with Gasteiger partial charge in [0.25, 0.3) is 0 Å². The molecule has 0 aliphatic carbocycles. The van der Waals surface area contributed by atoms with Gasteiger partial charge in [-0.2, -0.15) is 0 Å².